The van der Waals surface area contributed by atoms with Crippen molar-refractivity contribution in [2.75, 3.05) is 31.6 Å². The van der Waals surface area contributed by atoms with E-state index in [0.29, 0.717) is 34.4 Å². The summed E-state index contributed by atoms with van der Waals surface area (Å²) in [7, 11) is 0. The Hall–Kier alpha value is -4.26. The van der Waals surface area contributed by atoms with E-state index in [1.807, 2.05) is 36.5 Å². The minimum absolute atomic E-state index is 0.00682. The van der Waals surface area contributed by atoms with Gasteiger partial charge in [0.1, 0.15) is 24.0 Å². The van der Waals surface area contributed by atoms with E-state index in [1.54, 1.807) is 12.1 Å². The number of benzene rings is 3. The van der Waals surface area contributed by atoms with Gasteiger partial charge in [0.15, 0.2) is 6.19 Å². The number of morpholine rings is 1. The van der Waals surface area contributed by atoms with Crippen molar-refractivity contribution >= 4 is 28.6 Å². The lowest BCUT2D eigenvalue weighted by atomic mass is 9.92. The number of imidazole rings is 1. The van der Waals surface area contributed by atoms with Crippen LogP contribution in [-0.4, -0.2) is 46.8 Å². The molecule has 7 nitrogen and oxygen atoms in total. The predicted octanol–water partition coefficient (Wildman–Crippen LogP) is 5.33. The standard InChI is InChI=1S/C30H25F2N5O2/c31-19-5-6-23-24(22-2-1-3-26(32)25(22)16-39-29(23)12-19)10-18-4-7-28-27(11-18)35-30(34-17-33)37(28)20-13-21-15-38-9-8-36(21)14-20/h1-7,10-12,20-21H,8-9,13-16H2,(H,34,35)/t20-,21-/m1/s1. The van der Waals surface area contributed by atoms with E-state index in [1.165, 1.54) is 18.2 Å². The number of hydrogen-bond donors (Lipinski definition) is 1. The van der Waals surface area contributed by atoms with E-state index >= 15 is 0 Å². The van der Waals surface area contributed by atoms with Crippen LogP contribution in [-0.2, 0) is 11.3 Å². The Morgan fingerprint density at radius 2 is 2.00 bits per heavy atom. The zero-order chi connectivity index (χ0) is 26.5. The summed E-state index contributed by atoms with van der Waals surface area (Å²) in [5.41, 5.74) is 5.05. The van der Waals surface area contributed by atoms with Crippen molar-refractivity contribution in [3.8, 4) is 11.9 Å². The van der Waals surface area contributed by atoms with Crippen molar-refractivity contribution in [3.05, 3.63) is 88.5 Å². The molecule has 2 atom stereocenters. The highest BCUT2D eigenvalue weighted by Crippen LogP contribution is 2.40. The van der Waals surface area contributed by atoms with E-state index in [-0.39, 0.29) is 18.5 Å². The van der Waals surface area contributed by atoms with E-state index in [9.17, 15) is 14.0 Å². The molecule has 9 heteroatoms. The third-order valence-electron chi connectivity index (χ3n) is 7.91. The number of nitrogens with zero attached hydrogens (tertiary/aromatic N) is 4. The van der Waals surface area contributed by atoms with Crippen LogP contribution < -0.4 is 10.1 Å². The van der Waals surface area contributed by atoms with E-state index in [2.05, 4.69) is 14.8 Å². The number of fused-ring (bicyclic) bond motifs is 4. The largest absolute Gasteiger partial charge is 0.488 e. The maximum atomic E-state index is 14.8. The highest BCUT2D eigenvalue weighted by atomic mass is 19.1. The monoisotopic (exact) mass is 525 g/mol. The topological polar surface area (TPSA) is 75.3 Å². The van der Waals surface area contributed by atoms with Gasteiger partial charge in [-0.05, 0) is 59.5 Å². The normalized spacial score (nSPS) is 21.5. The summed E-state index contributed by atoms with van der Waals surface area (Å²) in [5.74, 6) is 0.0913. The smallest absolute Gasteiger partial charge is 0.217 e. The molecule has 0 amide bonds. The van der Waals surface area contributed by atoms with Gasteiger partial charge < -0.3 is 14.0 Å². The third-order valence-corrected chi connectivity index (χ3v) is 7.91. The zero-order valence-electron chi connectivity index (χ0n) is 21.0. The molecule has 196 valence electrons. The second-order valence-electron chi connectivity index (χ2n) is 10.2. The van der Waals surface area contributed by atoms with Gasteiger partial charge in [-0.2, -0.15) is 5.26 Å². The first kappa shape index (κ1) is 23.8. The molecule has 2 saturated heterocycles. The molecule has 0 aliphatic carbocycles. The molecule has 3 aliphatic heterocycles. The first-order valence-electron chi connectivity index (χ1n) is 13.0. The number of nitriles is 1. The molecule has 3 aliphatic rings. The fourth-order valence-electron chi connectivity index (χ4n) is 6.12. The van der Waals surface area contributed by atoms with Crippen LogP contribution in [0, 0.1) is 23.1 Å². The molecule has 0 spiro atoms. The zero-order valence-corrected chi connectivity index (χ0v) is 21.0. The second kappa shape index (κ2) is 9.49. The molecular formula is C30H25F2N5O2. The second-order valence-corrected chi connectivity index (χ2v) is 10.2. The van der Waals surface area contributed by atoms with Gasteiger partial charge in [-0.3, -0.25) is 10.2 Å². The van der Waals surface area contributed by atoms with Gasteiger partial charge in [-0.15, -0.1) is 0 Å². The number of anilines is 1. The fraction of sp³-hybridized carbons (Fsp3) is 0.267. The molecule has 1 N–H and O–H groups in total. The summed E-state index contributed by atoms with van der Waals surface area (Å²) >= 11 is 0. The highest BCUT2D eigenvalue weighted by Gasteiger charge is 2.36. The van der Waals surface area contributed by atoms with Crippen molar-refractivity contribution < 1.29 is 18.3 Å². The summed E-state index contributed by atoms with van der Waals surface area (Å²) in [4.78, 5) is 7.21. The van der Waals surface area contributed by atoms with Gasteiger partial charge in [0.2, 0.25) is 5.95 Å². The molecule has 0 saturated carbocycles. The number of ether oxygens (including phenoxy) is 2. The van der Waals surface area contributed by atoms with E-state index < -0.39 is 5.82 Å². The van der Waals surface area contributed by atoms with Crippen LogP contribution in [0.5, 0.6) is 5.75 Å². The van der Waals surface area contributed by atoms with Crippen molar-refractivity contribution in [1.29, 1.82) is 5.26 Å². The summed E-state index contributed by atoms with van der Waals surface area (Å²) in [5, 5.41) is 12.2. The van der Waals surface area contributed by atoms with Gasteiger partial charge in [-0.25, -0.2) is 13.8 Å². The van der Waals surface area contributed by atoms with Crippen molar-refractivity contribution in [2.45, 2.75) is 25.1 Å². The number of nitrogens with one attached hydrogen (secondary N) is 1. The van der Waals surface area contributed by atoms with Crippen LogP contribution >= 0.6 is 0 Å². The first-order valence-corrected chi connectivity index (χ1v) is 13.0. The highest BCUT2D eigenvalue weighted by molar-refractivity contribution is 5.96. The molecule has 0 unspecified atom stereocenters. The average Bonchev–Trinajstić information content (AvgIpc) is 3.47. The minimum atomic E-state index is -0.418. The lowest BCUT2D eigenvalue weighted by Crippen LogP contribution is -2.40. The van der Waals surface area contributed by atoms with Gasteiger partial charge in [0.25, 0.3) is 0 Å². The van der Waals surface area contributed by atoms with Crippen molar-refractivity contribution in [3.63, 3.8) is 0 Å². The van der Waals surface area contributed by atoms with Crippen molar-refractivity contribution in [1.82, 2.24) is 14.5 Å². The van der Waals surface area contributed by atoms with Crippen LogP contribution in [0.1, 0.15) is 34.7 Å². The van der Waals surface area contributed by atoms with Crippen LogP contribution in [0.3, 0.4) is 0 Å². The fourth-order valence-corrected chi connectivity index (χ4v) is 6.12. The lowest BCUT2D eigenvalue weighted by Gasteiger charge is -2.28. The molecule has 7 rings (SSSR count). The Morgan fingerprint density at radius 3 is 2.87 bits per heavy atom. The summed E-state index contributed by atoms with van der Waals surface area (Å²) in [6.07, 6.45) is 4.90. The summed E-state index contributed by atoms with van der Waals surface area (Å²) < 4.78 is 42.5. The average molecular weight is 526 g/mol. The minimum Gasteiger partial charge on any atom is -0.488 e. The Morgan fingerprint density at radius 1 is 1.08 bits per heavy atom. The van der Waals surface area contributed by atoms with Gasteiger partial charge >= 0.3 is 0 Å². The maximum Gasteiger partial charge on any atom is 0.217 e. The Bertz CT molecular complexity index is 1660. The molecule has 4 aromatic rings. The molecule has 39 heavy (non-hydrogen) atoms. The Labute approximate surface area is 223 Å². The van der Waals surface area contributed by atoms with Gasteiger partial charge in [-0.1, -0.05) is 18.2 Å². The van der Waals surface area contributed by atoms with Gasteiger partial charge in [0.05, 0.1) is 30.3 Å². The molecule has 0 radical (unpaired) electrons. The number of hydrogen-bond acceptors (Lipinski definition) is 6. The summed E-state index contributed by atoms with van der Waals surface area (Å²) in [6, 6.07) is 15.8. The predicted molar refractivity (Wildman–Crippen MR) is 143 cm³/mol. The molecular weight excluding hydrogens is 500 g/mol. The molecule has 2 fully saturated rings. The molecule has 1 aromatic heterocycles. The van der Waals surface area contributed by atoms with Crippen LogP contribution in [0.4, 0.5) is 14.7 Å². The number of rotatable bonds is 3. The molecule has 4 heterocycles. The van der Waals surface area contributed by atoms with E-state index in [4.69, 9.17) is 14.5 Å². The quantitative estimate of drug-likeness (QED) is 0.288. The lowest BCUT2D eigenvalue weighted by molar-refractivity contribution is 0.0128. The third kappa shape index (κ3) is 4.13. The Kier molecular flexibility index (Phi) is 5.80. The first-order chi connectivity index (χ1) is 19.1. The van der Waals surface area contributed by atoms with Crippen LogP contribution in [0.15, 0.2) is 54.6 Å². The van der Waals surface area contributed by atoms with Crippen LogP contribution in [0.25, 0.3) is 22.7 Å². The molecule has 3 aromatic carbocycles. The summed E-state index contributed by atoms with van der Waals surface area (Å²) in [6.45, 7) is 3.25. The van der Waals surface area contributed by atoms with Gasteiger partial charge in [0, 0.05) is 36.3 Å². The SMILES string of the molecule is N#CNc1nc2cc(C=C3c4ccc(F)cc4OCc4c(F)cccc43)ccc2n1[C@@H]1C[C@@H]2COCCN2C1. The Balaban J connectivity index is 1.34. The number of aromatic nitrogens is 2. The molecule has 0 bridgehead atoms. The van der Waals surface area contributed by atoms with Crippen LogP contribution in [0.2, 0.25) is 0 Å². The van der Waals surface area contributed by atoms with E-state index in [0.717, 1.165) is 54.9 Å². The van der Waals surface area contributed by atoms with Crippen molar-refractivity contribution in [2.24, 2.45) is 0 Å². The number of halogens is 2. The maximum absolute atomic E-state index is 14.8.